The van der Waals surface area contributed by atoms with Crippen LogP contribution in [0.3, 0.4) is 0 Å². The predicted octanol–water partition coefficient (Wildman–Crippen LogP) is 1.21. The van der Waals surface area contributed by atoms with E-state index >= 15 is 0 Å². The number of carbonyl (C=O) groups is 1. The van der Waals surface area contributed by atoms with E-state index in [1.54, 1.807) is 11.8 Å². The summed E-state index contributed by atoms with van der Waals surface area (Å²) < 4.78 is 5.65. The normalized spacial score (nSPS) is 22.4. The van der Waals surface area contributed by atoms with Gasteiger partial charge >= 0.3 is 0 Å². The van der Waals surface area contributed by atoms with E-state index in [-0.39, 0.29) is 12.0 Å². The molecule has 5 nitrogen and oxygen atoms in total. The number of thioether (sulfide) groups is 1. The Kier molecular flexibility index (Phi) is 4.68. The number of amides is 1. The van der Waals surface area contributed by atoms with Gasteiger partial charge in [0.2, 0.25) is 0 Å². The molecule has 2 rings (SSSR count). The molecule has 0 spiro atoms. The molecule has 19 heavy (non-hydrogen) atoms. The van der Waals surface area contributed by atoms with Gasteiger partial charge in [0.25, 0.3) is 5.91 Å². The van der Waals surface area contributed by atoms with E-state index in [1.165, 1.54) is 0 Å². The molecule has 0 aromatic heterocycles. The molecule has 1 aromatic rings. The molecule has 2 atom stereocenters. The van der Waals surface area contributed by atoms with Crippen molar-refractivity contribution >= 4 is 23.4 Å². The minimum absolute atomic E-state index is 0.0769. The van der Waals surface area contributed by atoms with Crippen molar-refractivity contribution in [2.75, 3.05) is 11.5 Å². The molecule has 1 saturated heterocycles. The number of hydrogen-bond acceptors (Lipinski definition) is 5. The van der Waals surface area contributed by atoms with Crippen LogP contribution in [0.1, 0.15) is 18.4 Å². The molecule has 0 aliphatic carbocycles. The van der Waals surface area contributed by atoms with Crippen molar-refractivity contribution in [1.29, 1.82) is 0 Å². The summed E-state index contributed by atoms with van der Waals surface area (Å²) in [6, 6.07) is 6.02. The fourth-order valence-corrected chi connectivity index (χ4v) is 3.10. The van der Waals surface area contributed by atoms with Gasteiger partial charge in [0.15, 0.2) is 0 Å². The Balaban J connectivity index is 1.85. The maximum atomic E-state index is 11.3. The first-order valence-electron chi connectivity index (χ1n) is 6.25. The minimum Gasteiger partial charge on any atom is -0.398 e. The second-order valence-electron chi connectivity index (χ2n) is 4.68. The molecule has 1 aromatic carbocycles. The zero-order valence-corrected chi connectivity index (χ0v) is 11.7. The number of anilines is 1. The van der Waals surface area contributed by atoms with E-state index in [1.807, 2.05) is 25.1 Å². The van der Waals surface area contributed by atoms with Gasteiger partial charge < -0.3 is 10.5 Å². The molecular weight excluding hydrogens is 262 g/mol. The predicted molar refractivity (Wildman–Crippen MR) is 76.5 cm³/mol. The van der Waals surface area contributed by atoms with Gasteiger partial charge in [-0.3, -0.25) is 10.2 Å². The van der Waals surface area contributed by atoms with Crippen molar-refractivity contribution in [2.45, 2.75) is 36.9 Å². The third kappa shape index (κ3) is 3.62. The largest absolute Gasteiger partial charge is 0.398 e. The number of hydrazine groups is 1. The number of nitrogens with two attached hydrogens (primary N) is 2. The molecule has 0 radical (unpaired) electrons. The van der Waals surface area contributed by atoms with E-state index in [0.717, 1.165) is 34.7 Å². The molecule has 1 aliphatic rings. The monoisotopic (exact) mass is 281 g/mol. The molecule has 1 fully saturated rings. The molecule has 5 N–H and O–H groups in total. The molecule has 6 heteroatoms. The maximum Gasteiger partial charge on any atom is 0.263 e. The van der Waals surface area contributed by atoms with Crippen LogP contribution in [0.15, 0.2) is 23.1 Å². The van der Waals surface area contributed by atoms with Crippen LogP contribution in [-0.4, -0.2) is 23.9 Å². The Morgan fingerprint density at radius 1 is 1.53 bits per heavy atom. The number of carbonyl (C=O) groups excluding carboxylic acids is 1. The van der Waals surface area contributed by atoms with E-state index in [4.69, 9.17) is 16.3 Å². The fraction of sp³-hybridized carbons (Fsp3) is 0.462. The Hall–Kier alpha value is -1.24. The molecule has 1 heterocycles. The number of nitrogen functional groups attached to an aromatic ring is 1. The van der Waals surface area contributed by atoms with Crippen LogP contribution in [-0.2, 0) is 9.53 Å². The van der Waals surface area contributed by atoms with E-state index in [9.17, 15) is 4.79 Å². The van der Waals surface area contributed by atoms with Crippen molar-refractivity contribution < 1.29 is 9.53 Å². The average molecular weight is 281 g/mol. The number of nitrogens with one attached hydrogen (secondary N) is 1. The first-order chi connectivity index (χ1) is 9.10. The summed E-state index contributed by atoms with van der Waals surface area (Å²) in [4.78, 5) is 12.4. The summed E-state index contributed by atoms with van der Waals surface area (Å²) in [7, 11) is 0. The highest BCUT2D eigenvalue weighted by molar-refractivity contribution is 7.99. The molecule has 1 aliphatic heterocycles. The van der Waals surface area contributed by atoms with Crippen LogP contribution in [0.25, 0.3) is 0 Å². The highest BCUT2D eigenvalue weighted by atomic mass is 32.2. The van der Waals surface area contributed by atoms with Crippen LogP contribution in [0.2, 0.25) is 0 Å². The standard InChI is InChI=1S/C13H19N3O2S/c1-8-2-5-12(10(14)6-8)19-7-9-3-4-11(18-9)13(17)16-15/h2,5-6,9,11H,3-4,7,14-15H2,1H3,(H,16,17). The summed E-state index contributed by atoms with van der Waals surface area (Å²) in [6.45, 7) is 2.01. The summed E-state index contributed by atoms with van der Waals surface area (Å²) in [5, 5.41) is 0. The Bertz CT molecular complexity index is 467. The van der Waals surface area contributed by atoms with E-state index in [0.29, 0.717) is 0 Å². The quantitative estimate of drug-likeness (QED) is 0.254. The fourth-order valence-electron chi connectivity index (χ4n) is 2.10. The summed E-state index contributed by atoms with van der Waals surface area (Å²) in [6.07, 6.45) is 1.26. The smallest absolute Gasteiger partial charge is 0.263 e. The minimum atomic E-state index is -0.411. The Labute approximate surface area is 117 Å². The van der Waals surface area contributed by atoms with E-state index in [2.05, 4.69) is 5.43 Å². The van der Waals surface area contributed by atoms with Gasteiger partial charge in [-0.25, -0.2) is 5.84 Å². The van der Waals surface area contributed by atoms with Crippen LogP contribution in [0.4, 0.5) is 5.69 Å². The lowest BCUT2D eigenvalue weighted by Crippen LogP contribution is -2.39. The molecular formula is C13H19N3O2S. The molecule has 0 saturated carbocycles. The van der Waals surface area contributed by atoms with Crippen molar-refractivity contribution in [3.63, 3.8) is 0 Å². The summed E-state index contributed by atoms with van der Waals surface area (Å²) in [5.41, 5.74) is 10.0. The van der Waals surface area contributed by atoms with Gasteiger partial charge in [0, 0.05) is 16.3 Å². The second-order valence-corrected chi connectivity index (χ2v) is 5.75. The number of rotatable bonds is 4. The highest BCUT2D eigenvalue weighted by Gasteiger charge is 2.30. The summed E-state index contributed by atoms with van der Waals surface area (Å²) >= 11 is 1.66. The number of hydrogen-bond donors (Lipinski definition) is 3. The number of benzene rings is 1. The lowest BCUT2D eigenvalue weighted by Gasteiger charge is -2.13. The Morgan fingerprint density at radius 2 is 2.32 bits per heavy atom. The van der Waals surface area contributed by atoms with Crippen molar-refractivity contribution in [3.8, 4) is 0 Å². The number of aryl methyl sites for hydroxylation is 1. The maximum absolute atomic E-state index is 11.3. The zero-order valence-electron chi connectivity index (χ0n) is 10.9. The Morgan fingerprint density at radius 3 is 3.00 bits per heavy atom. The third-order valence-electron chi connectivity index (χ3n) is 3.13. The third-order valence-corrected chi connectivity index (χ3v) is 4.35. The van der Waals surface area contributed by atoms with Crippen molar-refractivity contribution in [3.05, 3.63) is 23.8 Å². The van der Waals surface area contributed by atoms with Crippen LogP contribution in [0.5, 0.6) is 0 Å². The lowest BCUT2D eigenvalue weighted by molar-refractivity contribution is -0.131. The average Bonchev–Trinajstić information content (AvgIpc) is 2.85. The SMILES string of the molecule is Cc1ccc(SCC2CCC(C(=O)NN)O2)c(N)c1. The first kappa shape index (κ1) is 14.2. The summed E-state index contributed by atoms with van der Waals surface area (Å²) in [5.74, 6) is 5.64. The van der Waals surface area contributed by atoms with Gasteiger partial charge in [0.05, 0.1) is 6.10 Å². The molecule has 0 bridgehead atoms. The van der Waals surface area contributed by atoms with Gasteiger partial charge in [0.1, 0.15) is 6.10 Å². The van der Waals surface area contributed by atoms with Crippen molar-refractivity contribution in [2.24, 2.45) is 5.84 Å². The first-order valence-corrected chi connectivity index (χ1v) is 7.23. The van der Waals surface area contributed by atoms with Gasteiger partial charge in [-0.15, -0.1) is 11.8 Å². The lowest BCUT2D eigenvalue weighted by atomic mass is 10.2. The van der Waals surface area contributed by atoms with Gasteiger partial charge in [-0.2, -0.15) is 0 Å². The second kappa shape index (κ2) is 6.27. The van der Waals surface area contributed by atoms with Crippen LogP contribution in [0, 0.1) is 6.92 Å². The zero-order chi connectivity index (χ0) is 13.8. The molecule has 2 unspecified atom stereocenters. The topological polar surface area (TPSA) is 90.4 Å². The molecule has 104 valence electrons. The van der Waals surface area contributed by atoms with E-state index < -0.39 is 6.10 Å². The highest BCUT2D eigenvalue weighted by Crippen LogP contribution is 2.30. The van der Waals surface area contributed by atoms with Crippen LogP contribution < -0.4 is 17.0 Å². The van der Waals surface area contributed by atoms with Crippen LogP contribution >= 0.6 is 11.8 Å². The molecule has 1 amide bonds. The van der Waals surface area contributed by atoms with Crippen molar-refractivity contribution in [1.82, 2.24) is 5.43 Å². The number of ether oxygens (including phenoxy) is 1. The van der Waals surface area contributed by atoms with Gasteiger partial charge in [-0.05, 0) is 37.5 Å². The van der Waals surface area contributed by atoms with Gasteiger partial charge in [-0.1, -0.05) is 6.07 Å².